The van der Waals surface area contributed by atoms with Crippen LogP contribution in [0.2, 0.25) is 0 Å². The number of benzene rings is 1. The predicted molar refractivity (Wildman–Crippen MR) is 90.0 cm³/mol. The van der Waals surface area contributed by atoms with Crippen LogP contribution in [0.1, 0.15) is 24.0 Å². The van der Waals surface area contributed by atoms with E-state index in [4.69, 9.17) is 4.74 Å². The van der Waals surface area contributed by atoms with Gasteiger partial charge in [-0.05, 0) is 25.8 Å². The van der Waals surface area contributed by atoms with Crippen LogP contribution in [0.5, 0.6) is 0 Å². The van der Waals surface area contributed by atoms with Crippen LogP contribution in [0.15, 0.2) is 30.5 Å². The normalized spacial score (nSPS) is 17.3. The number of ether oxygens (including phenoxy) is 1. The van der Waals surface area contributed by atoms with Gasteiger partial charge in [-0.2, -0.15) is 5.10 Å². The van der Waals surface area contributed by atoms with Gasteiger partial charge < -0.3 is 15.2 Å². The molecule has 0 bridgehead atoms. The fraction of sp³-hybridized carbons (Fsp3) is 0.500. The highest BCUT2D eigenvalue weighted by molar-refractivity contribution is 5.63. The number of nitrogens with one attached hydrogen (secondary N) is 2. The summed E-state index contributed by atoms with van der Waals surface area (Å²) in [6, 6.07) is 8.40. The van der Waals surface area contributed by atoms with E-state index in [1.165, 1.54) is 5.56 Å². The molecule has 1 aromatic heterocycles. The lowest BCUT2D eigenvalue weighted by Crippen LogP contribution is -2.41. The number of aliphatic hydroxyl groups is 1. The second-order valence-corrected chi connectivity index (χ2v) is 6.51. The molecule has 3 rings (SSSR count). The monoisotopic (exact) mass is 315 g/mol. The first-order valence-electron chi connectivity index (χ1n) is 8.21. The molecule has 0 spiro atoms. The van der Waals surface area contributed by atoms with Crippen LogP contribution in [0.3, 0.4) is 0 Å². The third kappa shape index (κ3) is 3.80. The van der Waals surface area contributed by atoms with Crippen LogP contribution in [0, 0.1) is 12.3 Å². The van der Waals surface area contributed by atoms with Crippen LogP contribution < -0.4 is 5.32 Å². The highest BCUT2D eigenvalue weighted by Gasteiger charge is 2.31. The molecule has 1 aliphatic heterocycles. The largest absolute Gasteiger partial charge is 0.396 e. The molecular formula is C18H25N3O2. The fourth-order valence-corrected chi connectivity index (χ4v) is 3.15. The highest BCUT2D eigenvalue weighted by atomic mass is 16.5. The second kappa shape index (κ2) is 7.25. The second-order valence-electron chi connectivity index (χ2n) is 6.51. The van der Waals surface area contributed by atoms with Crippen molar-refractivity contribution in [3.05, 3.63) is 41.6 Å². The van der Waals surface area contributed by atoms with Gasteiger partial charge in [0, 0.05) is 42.8 Å². The van der Waals surface area contributed by atoms with Crippen molar-refractivity contribution in [1.29, 1.82) is 0 Å². The van der Waals surface area contributed by atoms with E-state index in [0.717, 1.165) is 56.0 Å². The Morgan fingerprint density at radius 2 is 2.17 bits per heavy atom. The minimum atomic E-state index is -0.0501. The third-order valence-corrected chi connectivity index (χ3v) is 4.73. The summed E-state index contributed by atoms with van der Waals surface area (Å²) in [6.07, 6.45) is 3.69. The van der Waals surface area contributed by atoms with Gasteiger partial charge in [0.1, 0.15) is 0 Å². The fourth-order valence-electron chi connectivity index (χ4n) is 3.15. The summed E-state index contributed by atoms with van der Waals surface area (Å²) in [5.74, 6) is 0. The smallest absolute Gasteiger partial charge is 0.0695 e. The lowest BCUT2D eigenvalue weighted by molar-refractivity contribution is -0.0154. The average Bonchev–Trinajstić information content (AvgIpc) is 3.04. The maximum Gasteiger partial charge on any atom is 0.0695 e. The molecule has 0 atom stereocenters. The van der Waals surface area contributed by atoms with Crippen LogP contribution >= 0.6 is 0 Å². The summed E-state index contributed by atoms with van der Waals surface area (Å²) in [6.45, 7) is 5.31. The third-order valence-electron chi connectivity index (χ3n) is 4.73. The van der Waals surface area contributed by atoms with Gasteiger partial charge in [-0.3, -0.25) is 5.10 Å². The van der Waals surface area contributed by atoms with E-state index in [0.29, 0.717) is 0 Å². The Morgan fingerprint density at radius 1 is 1.35 bits per heavy atom. The molecule has 0 saturated carbocycles. The van der Waals surface area contributed by atoms with Crippen molar-refractivity contribution in [2.45, 2.75) is 26.3 Å². The highest BCUT2D eigenvalue weighted by Crippen LogP contribution is 2.29. The molecule has 0 amide bonds. The number of nitrogens with zero attached hydrogens (tertiary/aromatic N) is 1. The minimum Gasteiger partial charge on any atom is -0.396 e. The molecule has 1 saturated heterocycles. The number of aliphatic hydroxyl groups excluding tert-OH is 1. The molecule has 1 fully saturated rings. The number of aromatic nitrogens is 2. The van der Waals surface area contributed by atoms with E-state index in [9.17, 15) is 5.11 Å². The lowest BCUT2D eigenvalue weighted by atomic mass is 9.81. The Morgan fingerprint density at radius 3 is 2.91 bits per heavy atom. The van der Waals surface area contributed by atoms with Crippen molar-refractivity contribution in [3.8, 4) is 11.3 Å². The van der Waals surface area contributed by atoms with E-state index in [1.807, 2.05) is 6.20 Å². The van der Waals surface area contributed by atoms with Crippen molar-refractivity contribution >= 4 is 0 Å². The molecule has 3 N–H and O–H groups in total. The number of hydrogen-bond donors (Lipinski definition) is 3. The zero-order valence-corrected chi connectivity index (χ0v) is 13.6. The van der Waals surface area contributed by atoms with Crippen LogP contribution in [-0.4, -0.2) is 41.7 Å². The van der Waals surface area contributed by atoms with Crippen molar-refractivity contribution in [3.63, 3.8) is 0 Å². The zero-order chi connectivity index (χ0) is 16.1. The Labute approximate surface area is 137 Å². The van der Waals surface area contributed by atoms with Gasteiger partial charge in [-0.25, -0.2) is 0 Å². The summed E-state index contributed by atoms with van der Waals surface area (Å²) in [7, 11) is 0. The summed E-state index contributed by atoms with van der Waals surface area (Å²) in [5, 5.41) is 20.5. The Bertz CT molecular complexity index is 633. The standard InChI is InChI=1S/C18H25N3O2/c1-14-3-2-4-15(9-14)17-16(11-20-21-17)10-19-12-18(13-22)5-7-23-8-6-18/h2-4,9,11,19,22H,5-8,10,12-13H2,1H3,(H,20,21). The number of hydrogen-bond acceptors (Lipinski definition) is 4. The Hall–Kier alpha value is -1.69. The quantitative estimate of drug-likeness (QED) is 0.765. The minimum absolute atomic E-state index is 0.0501. The van der Waals surface area contributed by atoms with Gasteiger partial charge in [0.2, 0.25) is 0 Å². The molecule has 1 aromatic carbocycles. The number of aromatic amines is 1. The molecule has 124 valence electrons. The average molecular weight is 315 g/mol. The van der Waals surface area contributed by atoms with E-state index < -0.39 is 0 Å². The van der Waals surface area contributed by atoms with Crippen molar-refractivity contribution in [1.82, 2.24) is 15.5 Å². The zero-order valence-electron chi connectivity index (χ0n) is 13.6. The molecule has 0 unspecified atom stereocenters. The summed E-state index contributed by atoms with van der Waals surface area (Å²) < 4.78 is 5.41. The summed E-state index contributed by atoms with van der Waals surface area (Å²) >= 11 is 0. The molecule has 0 aliphatic carbocycles. The van der Waals surface area contributed by atoms with E-state index in [1.54, 1.807) is 0 Å². The maximum absolute atomic E-state index is 9.75. The van der Waals surface area contributed by atoms with Gasteiger partial charge in [0.05, 0.1) is 18.5 Å². The maximum atomic E-state index is 9.75. The summed E-state index contributed by atoms with van der Waals surface area (Å²) in [4.78, 5) is 0. The van der Waals surface area contributed by atoms with Crippen molar-refractivity contribution in [2.24, 2.45) is 5.41 Å². The first-order chi connectivity index (χ1) is 11.2. The molecule has 1 aliphatic rings. The molecule has 23 heavy (non-hydrogen) atoms. The van der Waals surface area contributed by atoms with Gasteiger partial charge in [-0.1, -0.05) is 23.8 Å². The molecule has 0 radical (unpaired) electrons. The molecule has 5 heteroatoms. The van der Waals surface area contributed by atoms with Crippen LogP contribution in [0.25, 0.3) is 11.3 Å². The molecule has 2 aromatic rings. The molecule has 5 nitrogen and oxygen atoms in total. The van der Waals surface area contributed by atoms with Crippen molar-refractivity contribution in [2.75, 3.05) is 26.4 Å². The summed E-state index contributed by atoms with van der Waals surface area (Å²) in [5.41, 5.74) is 4.55. The van der Waals surface area contributed by atoms with E-state index in [2.05, 4.69) is 46.7 Å². The number of aryl methyl sites for hydroxylation is 1. The Balaban J connectivity index is 1.64. The SMILES string of the molecule is Cc1cccc(-c2[nH]ncc2CNCC2(CO)CCOCC2)c1. The first kappa shape index (κ1) is 16.2. The van der Waals surface area contributed by atoms with Crippen LogP contribution in [-0.2, 0) is 11.3 Å². The number of H-pyrrole nitrogens is 1. The van der Waals surface area contributed by atoms with Gasteiger partial charge in [0.15, 0.2) is 0 Å². The van der Waals surface area contributed by atoms with Gasteiger partial charge in [-0.15, -0.1) is 0 Å². The van der Waals surface area contributed by atoms with Gasteiger partial charge >= 0.3 is 0 Å². The van der Waals surface area contributed by atoms with Crippen molar-refractivity contribution < 1.29 is 9.84 Å². The predicted octanol–water partition coefficient (Wildman–Crippen LogP) is 2.26. The lowest BCUT2D eigenvalue weighted by Gasteiger charge is -2.35. The Kier molecular flexibility index (Phi) is 5.10. The number of rotatable bonds is 6. The topological polar surface area (TPSA) is 70.2 Å². The van der Waals surface area contributed by atoms with E-state index in [-0.39, 0.29) is 12.0 Å². The molecule has 2 heterocycles. The van der Waals surface area contributed by atoms with Gasteiger partial charge in [0.25, 0.3) is 0 Å². The van der Waals surface area contributed by atoms with E-state index >= 15 is 0 Å². The van der Waals surface area contributed by atoms with Crippen LogP contribution in [0.4, 0.5) is 0 Å². The molecular weight excluding hydrogens is 290 g/mol. The first-order valence-corrected chi connectivity index (χ1v) is 8.21.